The van der Waals surface area contributed by atoms with E-state index in [0.717, 1.165) is 0 Å². The lowest BCUT2D eigenvalue weighted by atomic mass is 10.1. The van der Waals surface area contributed by atoms with Gasteiger partial charge in [-0.3, -0.25) is 0 Å². The molecule has 22 heavy (non-hydrogen) atoms. The van der Waals surface area contributed by atoms with E-state index in [0.29, 0.717) is 11.3 Å². The number of hydrogen-bond donors (Lipinski definition) is 0. The van der Waals surface area contributed by atoms with Crippen LogP contribution in [0.15, 0.2) is 29.8 Å². The molecule has 0 aliphatic rings. The van der Waals surface area contributed by atoms with Crippen LogP contribution in [0.3, 0.4) is 0 Å². The van der Waals surface area contributed by atoms with Gasteiger partial charge in [0.25, 0.3) is 0 Å². The second-order valence-electron chi connectivity index (χ2n) is 5.24. The number of hydrogen-bond acceptors (Lipinski definition) is 5. The molecule has 1 rings (SSSR count). The Kier molecular flexibility index (Phi) is 6.63. The Bertz CT molecular complexity index is 517. The van der Waals surface area contributed by atoms with Crippen molar-refractivity contribution in [3.63, 3.8) is 0 Å². The Morgan fingerprint density at radius 3 is 1.73 bits per heavy atom. The van der Waals surface area contributed by atoms with Crippen molar-refractivity contribution in [2.45, 2.75) is 39.9 Å². The lowest BCUT2D eigenvalue weighted by Gasteiger charge is -2.12. The van der Waals surface area contributed by atoms with Gasteiger partial charge in [0, 0.05) is 0 Å². The summed E-state index contributed by atoms with van der Waals surface area (Å²) < 4.78 is 15.3. The van der Waals surface area contributed by atoms with Gasteiger partial charge >= 0.3 is 11.9 Å². The molecule has 0 fully saturated rings. The molecule has 0 aliphatic heterocycles. The fourth-order valence-corrected chi connectivity index (χ4v) is 1.62. The molecule has 5 heteroatoms. The van der Waals surface area contributed by atoms with Gasteiger partial charge in [0.2, 0.25) is 0 Å². The van der Waals surface area contributed by atoms with Gasteiger partial charge in [0.05, 0.1) is 19.3 Å². The van der Waals surface area contributed by atoms with Crippen LogP contribution in [0.4, 0.5) is 0 Å². The molecule has 0 radical (unpaired) electrons. The van der Waals surface area contributed by atoms with Gasteiger partial charge in [-0.2, -0.15) is 0 Å². The van der Waals surface area contributed by atoms with Gasteiger partial charge in [0.1, 0.15) is 11.3 Å². The van der Waals surface area contributed by atoms with Crippen LogP contribution in [0.5, 0.6) is 5.75 Å². The first-order chi connectivity index (χ1) is 10.3. The maximum absolute atomic E-state index is 12.1. The van der Waals surface area contributed by atoms with Crippen LogP contribution < -0.4 is 4.74 Å². The first-order valence-electron chi connectivity index (χ1n) is 7.11. The van der Waals surface area contributed by atoms with Crippen molar-refractivity contribution in [2.24, 2.45) is 0 Å². The minimum Gasteiger partial charge on any atom is -0.497 e. The smallest absolute Gasteiger partial charge is 0.345 e. The lowest BCUT2D eigenvalue weighted by Crippen LogP contribution is -2.23. The first kappa shape index (κ1) is 17.8. The van der Waals surface area contributed by atoms with Crippen LogP contribution in [0.1, 0.15) is 33.3 Å². The predicted molar refractivity (Wildman–Crippen MR) is 83.4 cm³/mol. The Balaban J connectivity index is 3.08. The Morgan fingerprint density at radius 2 is 1.36 bits per heavy atom. The van der Waals surface area contributed by atoms with Gasteiger partial charge in [-0.25, -0.2) is 9.59 Å². The minimum atomic E-state index is -0.698. The summed E-state index contributed by atoms with van der Waals surface area (Å²) in [6.07, 6.45) is 0.812. The van der Waals surface area contributed by atoms with Crippen LogP contribution in [-0.4, -0.2) is 31.3 Å². The van der Waals surface area contributed by atoms with Gasteiger partial charge in [-0.15, -0.1) is 0 Å². The molecular weight excluding hydrogens is 284 g/mol. The number of esters is 2. The SMILES string of the molecule is COc1ccc(C=C(C(=O)OC(C)C)C(=O)OC(C)C)cc1. The molecule has 0 unspecified atom stereocenters. The van der Waals surface area contributed by atoms with E-state index in [9.17, 15) is 9.59 Å². The topological polar surface area (TPSA) is 61.8 Å². The molecule has 0 saturated heterocycles. The molecule has 0 N–H and O–H groups in total. The molecule has 1 aromatic carbocycles. The van der Waals surface area contributed by atoms with Crippen molar-refractivity contribution < 1.29 is 23.8 Å². The summed E-state index contributed by atoms with van der Waals surface area (Å²) in [4.78, 5) is 24.2. The molecule has 0 bridgehead atoms. The Labute approximate surface area is 130 Å². The molecule has 0 heterocycles. The summed E-state index contributed by atoms with van der Waals surface area (Å²) >= 11 is 0. The number of ether oxygens (including phenoxy) is 3. The highest BCUT2D eigenvalue weighted by Gasteiger charge is 2.23. The van der Waals surface area contributed by atoms with Crippen molar-refractivity contribution in [3.8, 4) is 5.75 Å². The molecule has 1 aromatic rings. The first-order valence-corrected chi connectivity index (χ1v) is 7.11. The fraction of sp³-hybridized carbons (Fsp3) is 0.412. The largest absolute Gasteiger partial charge is 0.497 e. The summed E-state index contributed by atoms with van der Waals surface area (Å²) in [7, 11) is 1.57. The van der Waals surface area contributed by atoms with Gasteiger partial charge < -0.3 is 14.2 Å². The molecule has 120 valence electrons. The standard InChI is InChI=1S/C17H22O5/c1-11(2)21-16(18)15(17(19)22-12(3)4)10-13-6-8-14(20-5)9-7-13/h6-12H,1-5H3. The highest BCUT2D eigenvalue weighted by Crippen LogP contribution is 2.16. The monoisotopic (exact) mass is 306 g/mol. The Hall–Kier alpha value is -2.30. The van der Waals surface area contributed by atoms with E-state index >= 15 is 0 Å². The van der Waals surface area contributed by atoms with Gasteiger partial charge in [-0.05, 0) is 51.5 Å². The quantitative estimate of drug-likeness (QED) is 0.350. The minimum absolute atomic E-state index is 0.132. The number of carbonyl (C=O) groups is 2. The van der Waals surface area contributed by atoms with Crippen molar-refractivity contribution in [1.82, 2.24) is 0 Å². The highest BCUT2D eigenvalue weighted by atomic mass is 16.6. The van der Waals surface area contributed by atoms with Crippen molar-refractivity contribution in [3.05, 3.63) is 35.4 Å². The number of carbonyl (C=O) groups excluding carboxylic acids is 2. The zero-order valence-electron chi connectivity index (χ0n) is 13.6. The van der Waals surface area contributed by atoms with E-state index in [4.69, 9.17) is 14.2 Å². The number of benzene rings is 1. The van der Waals surface area contributed by atoms with E-state index < -0.39 is 11.9 Å². The van der Waals surface area contributed by atoms with Crippen LogP contribution in [0.25, 0.3) is 6.08 Å². The number of methoxy groups -OCH3 is 1. The third-order valence-corrected chi connectivity index (χ3v) is 2.55. The average molecular weight is 306 g/mol. The lowest BCUT2D eigenvalue weighted by molar-refractivity contribution is -0.150. The van der Waals surface area contributed by atoms with Crippen LogP contribution >= 0.6 is 0 Å². The van der Waals surface area contributed by atoms with Gasteiger partial charge in [-0.1, -0.05) is 12.1 Å². The fourth-order valence-electron chi connectivity index (χ4n) is 1.62. The maximum Gasteiger partial charge on any atom is 0.345 e. The number of rotatable bonds is 6. The molecule has 0 aromatic heterocycles. The summed E-state index contributed by atoms with van der Waals surface area (Å²) in [6.45, 7) is 6.88. The molecule has 0 aliphatic carbocycles. The maximum atomic E-state index is 12.1. The van der Waals surface area contributed by atoms with Crippen LogP contribution in [-0.2, 0) is 19.1 Å². The van der Waals surface area contributed by atoms with Crippen molar-refractivity contribution >= 4 is 18.0 Å². The molecule has 0 atom stereocenters. The van der Waals surface area contributed by atoms with Gasteiger partial charge in [0.15, 0.2) is 0 Å². The average Bonchev–Trinajstić information content (AvgIpc) is 2.43. The van der Waals surface area contributed by atoms with E-state index in [1.165, 1.54) is 6.08 Å². The van der Waals surface area contributed by atoms with Crippen LogP contribution in [0, 0.1) is 0 Å². The molecular formula is C17H22O5. The summed E-state index contributed by atoms with van der Waals surface area (Å²) in [5.41, 5.74) is 0.546. The zero-order valence-corrected chi connectivity index (χ0v) is 13.6. The van der Waals surface area contributed by atoms with Crippen LogP contribution in [0.2, 0.25) is 0 Å². The summed E-state index contributed by atoms with van der Waals surface area (Å²) in [5.74, 6) is -0.707. The van der Waals surface area contributed by atoms with E-state index in [1.54, 1.807) is 59.1 Å². The van der Waals surface area contributed by atoms with Crippen molar-refractivity contribution in [1.29, 1.82) is 0 Å². The molecule has 5 nitrogen and oxygen atoms in total. The third-order valence-electron chi connectivity index (χ3n) is 2.55. The normalized spacial score (nSPS) is 10.3. The zero-order chi connectivity index (χ0) is 16.7. The Morgan fingerprint density at radius 1 is 0.909 bits per heavy atom. The van der Waals surface area contributed by atoms with E-state index in [-0.39, 0.29) is 17.8 Å². The van der Waals surface area contributed by atoms with E-state index in [2.05, 4.69) is 0 Å². The second kappa shape index (κ2) is 8.22. The third kappa shape index (κ3) is 5.60. The second-order valence-corrected chi connectivity index (χ2v) is 5.24. The summed E-state index contributed by atoms with van der Waals surface area (Å²) in [5, 5.41) is 0. The molecule has 0 amide bonds. The summed E-state index contributed by atoms with van der Waals surface area (Å²) in [6, 6.07) is 6.96. The predicted octanol–water partition coefficient (Wildman–Crippen LogP) is 2.98. The van der Waals surface area contributed by atoms with Crippen molar-refractivity contribution in [2.75, 3.05) is 7.11 Å². The highest BCUT2D eigenvalue weighted by molar-refractivity contribution is 6.17. The molecule has 0 spiro atoms. The molecule has 0 saturated carbocycles. The van der Waals surface area contributed by atoms with E-state index in [1.807, 2.05) is 0 Å².